The molecular weight excluding hydrogens is 364 g/mol. The Labute approximate surface area is 159 Å². The molecule has 2 saturated heterocycles. The Balaban J connectivity index is 1.52. The fourth-order valence-electron chi connectivity index (χ4n) is 4.17. The molecule has 0 spiro atoms. The first-order chi connectivity index (χ1) is 12.9. The highest BCUT2D eigenvalue weighted by molar-refractivity contribution is 7.89. The topological polar surface area (TPSA) is 76.6 Å². The number of piperidine rings is 1. The summed E-state index contributed by atoms with van der Waals surface area (Å²) in [4.78, 5) is 15.7. The molecule has 0 N–H and O–H groups in total. The molecule has 0 saturated carbocycles. The van der Waals surface area contributed by atoms with E-state index in [2.05, 4.69) is 4.98 Å². The molecule has 2 aliphatic heterocycles. The van der Waals surface area contributed by atoms with Crippen LogP contribution < -0.4 is 4.74 Å². The van der Waals surface area contributed by atoms with Crippen LogP contribution in [0.1, 0.15) is 43.0 Å². The van der Waals surface area contributed by atoms with E-state index in [1.165, 1.54) is 19.1 Å². The molecule has 2 unspecified atom stereocenters. The molecule has 3 heterocycles. The molecule has 27 heavy (non-hydrogen) atoms. The summed E-state index contributed by atoms with van der Waals surface area (Å²) in [7, 11) is -3.58. The number of hydrogen-bond acceptors (Lipinski definition) is 5. The minimum atomic E-state index is -3.58. The quantitative estimate of drug-likeness (QED) is 0.738. The number of ether oxygens (including phenoxy) is 1. The summed E-state index contributed by atoms with van der Waals surface area (Å²) in [6, 6.07) is 9.77. The van der Waals surface area contributed by atoms with Crippen molar-refractivity contribution in [3.8, 4) is 5.75 Å². The lowest BCUT2D eigenvalue weighted by Crippen LogP contribution is -2.49. The lowest BCUT2D eigenvalue weighted by molar-refractivity contribution is 0.0955. The van der Waals surface area contributed by atoms with Crippen LogP contribution in [-0.2, 0) is 10.0 Å². The van der Waals surface area contributed by atoms with Crippen LogP contribution in [0.25, 0.3) is 0 Å². The van der Waals surface area contributed by atoms with Gasteiger partial charge in [0.1, 0.15) is 11.9 Å². The van der Waals surface area contributed by atoms with Gasteiger partial charge in [-0.2, -0.15) is 4.31 Å². The number of sulfonamides is 1. The van der Waals surface area contributed by atoms with Crippen molar-refractivity contribution in [1.82, 2.24) is 9.29 Å². The summed E-state index contributed by atoms with van der Waals surface area (Å²) in [5, 5.41) is 0. The Morgan fingerprint density at radius 1 is 1.04 bits per heavy atom. The number of aromatic nitrogens is 1. The van der Waals surface area contributed by atoms with Gasteiger partial charge in [-0.15, -0.1) is 0 Å². The summed E-state index contributed by atoms with van der Waals surface area (Å²) in [5.41, 5.74) is 0.515. The number of Topliss-reactive ketones (excluding diaryl/α,β-unsaturated/α-hetero) is 1. The highest BCUT2D eigenvalue weighted by atomic mass is 32.2. The van der Waals surface area contributed by atoms with Crippen LogP contribution in [0, 0.1) is 0 Å². The number of hydrogen-bond donors (Lipinski definition) is 0. The van der Waals surface area contributed by atoms with Gasteiger partial charge in [0.05, 0.1) is 4.90 Å². The van der Waals surface area contributed by atoms with Gasteiger partial charge in [0.15, 0.2) is 5.78 Å². The maximum absolute atomic E-state index is 13.2. The first-order valence-corrected chi connectivity index (χ1v) is 10.6. The maximum Gasteiger partial charge on any atom is 0.243 e. The van der Waals surface area contributed by atoms with Crippen LogP contribution in [-0.4, -0.2) is 41.7 Å². The Bertz CT molecular complexity index is 914. The SMILES string of the molecule is CC(=O)c1ccc(S(=O)(=O)N2C3CCC2CC(Oc2ccncc2)C3)cc1. The summed E-state index contributed by atoms with van der Waals surface area (Å²) >= 11 is 0. The minimum absolute atomic E-state index is 0.0106. The molecule has 6 nitrogen and oxygen atoms in total. The second-order valence-corrected chi connectivity index (χ2v) is 9.04. The molecule has 1 aromatic heterocycles. The number of nitrogens with zero attached hydrogens (tertiary/aromatic N) is 2. The molecule has 142 valence electrons. The van der Waals surface area contributed by atoms with Crippen LogP contribution in [0.3, 0.4) is 0 Å². The van der Waals surface area contributed by atoms with E-state index in [1.54, 1.807) is 28.8 Å². The summed E-state index contributed by atoms with van der Waals surface area (Å²) < 4.78 is 34.1. The molecule has 4 rings (SSSR count). The van der Waals surface area contributed by atoms with E-state index in [-0.39, 0.29) is 28.9 Å². The number of rotatable bonds is 5. The van der Waals surface area contributed by atoms with Gasteiger partial charge in [0.25, 0.3) is 0 Å². The average Bonchev–Trinajstić information content (AvgIpc) is 2.95. The third-order valence-corrected chi connectivity index (χ3v) is 7.43. The lowest BCUT2D eigenvalue weighted by Gasteiger charge is -2.37. The van der Waals surface area contributed by atoms with Crippen molar-refractivity contribution in [2.45, 2.75) is 55.7 Å². The van der Waals surface area contributed by atoms with Crippen LogP contribution in [0.15, 0.2) is 53.7 Å². The molecule has 0 aliphatic carbocycles. The molecule has 1 aromatic carbocycles. The third-order valence-electron chi connectivity index (χ3n) is 5.41. The molecule has 0 radical (unpaired) electrons. The van der Waals surface area contributed by atoms with E-state index in [1.807, 2.05) is 12.1 Å². The zero-order valence-corrected chi connectivity index (χ0v) is 15.9. The van der Waals surface area contributed by atoms with E-state index in [4.69, 9.17) is 4.74 Å². The Morgan fingerprint density at radius 2 is 1.63 bits per heavy atom. The standard InChI is InChI=1S/C20H22N2O4S/c1-14(23)15-2-6-20(7-3-15)27(24,25)22-16-4-5-17(22)13-19(12-16)26-18-8-10-21-11-9-18/h2-3,6-11,16-17,19H,4-5,12-13H2,1H3. The normalized spacial score (nSPS) is 25.3. The summed E-state index contributed by atoms with van der Waals surface area (Å²) in [5.74, 6) is 0.693. The average molecular weight is 386 g/mol. The monoisotopic (exact) mass is 386 g/mol. The van der Waals surface area contributed by atoms with E-state index in [0.29, 0.717) is 18.4 Å². The van der Waals surface area contributed by atoms with Crippen molar-refractivity contribution >= 4 is 15.8 Å². The lowest BCUT2D eigenvalue weighted by atomic mass is 10.0. The highest BCUT2D eigenvalue weighted by Gasteiger charge is 2.47. The van der Waals surface area contributed by atoms with Crippen molar-refractivity contribution in [2.75, 3.05) is 0 Å². The fourth-order valence-corrected chi connectivity index (χ4v) is 6.06. The zero-order valence-electron chi connectivity index (χ0n) is 15.1. The molecule has 0 amide bonds. The second kappa shape index (κ2) is 7.05. The second-order valence-electron chi connectivity index (χ2n) is 7.19. The predicted octanol–water partition coefficient (Wildman–Crippen LogP) is 3.05. The number of carbonyl (C=O) groups excluding carboxylic acids is 1. The number of carbonyl (C=O) groups is 1. The van der Waals surface area contributed by atoms with Crippen LogP contribution in [0.4, 0.5) is 0 Å². The molecular formula is C20H22N2O4S. The molecule has 2 atom stereocenters. The van der Waals surface area contributed by atoms with Crippen LogP contribution in [0.5, 0.6) is 5.75 Å². The molecule has 2 aromatic rings. The van der Waals surface area contributed by atoms with Gasteiger partial charge < -0.3 is 4.74 Å². The van der Waals surface area contributed by atoms with Gasteiger partial charge in [-0.1, -0.05) is 12.1 Å². The van der Waals surface area contributed by atoms with E-state index >= 15 is 0 Å². The van der Waals surface area contributed by atoms with Gasteiger partial charge >= 0.3 is 0 Å². The highest BCUT2D eigenvalue weighted by Crippen LogP contribution is 2.40. The Morgan fingerprint density at radius 3 is 2.19 bits per heavy atom. The Hall–Kier alpha value is -2.25. The van der Waals surface area contributed by atoms with E-state index < -0.39 is 10.0 Å². The molecule has 7 heteroatoms. The third kappa shape index (κ3) is 3.49. The first kappa shape index (κ1) is 18.1. The predicted molar refractivity (Wildman–Crippen MR) is 100 cm³/mol. The van der Waals surface area contributed by atoms with Crippen molar-refractivity contribution in [3.63, 3.8) is 0 Å². The number of ketones is 1. The van der Waals surface area contributed by atoms with Gasteiger partial charge in [-0.25, -0.2) is 8.42 Å². The molecule has 2 aliphatic rings. The van der Waals surface area contributed by atoms with Crippen molar-refractivity contribution < 1.29 is 17.9 Å². The largest absolute Gasteiger partial charge is 0.490 e. The van der Waals surface area contributed by atoms with Gasteiger partial charge in [0, 0.05) is 42.9 Å². The van der Waals surface area contributed by atoms with Gasteiger partial charge in [0.2, 0.25) is 10.0 Å². The van der Waals surface area contributed by atoms with Crippen molar-refractivity contribution in [1.29, 1.82) is 0 Å². The number of fused-ring (bicyclic) bond motifs is 2. The van der Waals surface area contributed by atoms with E-state index in [0.717, 1.165) is 18.6 Å². The molecule has 2 bridgehead atoms. The smallest absolute Gasteiger partial charge is 0.243 e. The van der Waals surface area contributed by atoms with Crippen molar-refractivity contribution in [3.05, 3.63) is 54.4 Å². The van der Waals surface area contributed by atoms with Crippen molar-refractivity contribution in [2.24, 2.45) is 0 Å². The number of benzene rings is 1. The maximum atomic E-state index is 13.2. The Kier molecular flexibility index (Phi) is 4.74. The first-order valence-electron chi connectivity index (χ1n) is 9.16. The van der Waals surface area contributed by atoms with E-state index in [9.17, 15) is 13.2 Å². The summed E-state index contributed by atoms with van der Waals surface area (Å²) in [6.07, 6.45) is 6.46. The number of pyridine rings is 1. The molecule has 2 fully saturated rings. The summed E-state index contributed by atoms with van der Waals surface area (Å²) in [6.45, 7) is 1.47. The van der Waals surface area contributed by atoms with Crippen LogP contribution >= 0.6 is 0 Å². The van der Waals surface area contributed by atoms with Crippen LogP contribution in [0.2, 0.25) is 0 Å². The van der Waals surface area contributed by atoms with Gasteiger partial charge in [-0.05, 0) is 44.0 Å². The fraction of sp³-hybridized carbons (Fsp3) is 0.400. The zero-order chi connectivity index (χ0) is 19.0. The minimum Gasteiger partial charge on any atom is -0.490 e. The van der Waals surface area contributed by atoms with Gasteiger partial charge in [-0.3, -0.25) is 9.78 Å².